The fraction of sp³-hybridized carbons (Fsp3) is 0.750. The van der Waals surface area contributed by atoms with Crippen molar-refractivity contribution in [1.82, 2.24) is 5.32 Å². The Labute approximate surface area is 130 Å². The molecule has 1 aromatic heterocycles. The number of nitrogens with one attached hydrogen (secondary N) is 1. The summed E-state index contributed by atoms with van der Waals surface area (Å²) in [4.78, 5) is 0. The summed E-state index contributed by atoms with van der Waals surface area (Å²) in [5, 5.41) is 8.35. The molecule has 0 bridgehead atoms. The molecule has 108 valence electrons. The monoisotopic (exact) mass is 343 g/mol. The molecule has 0 spiro atoms. The van der Waals surface area contributed by atoms with Gasteiger partial charge in [-0.25, -0.2) is 0 Å². The normalized spacial score (nSPS) is 24.3. The highest BCUT2D eigenvalue weighted by molar-refractivity contribution is 9.10. The molecule has 1 aliphatic carbocycles. The first-order valence-corrected chi connectivity index (χ1v) is 9.25. The molecule has 1 heterocycles. The van der Waals surface area contributed by atoms with Crippen molar-refractivity contribution in [3.05, 3.63) is 20.8 Å². The van der Waals surface area contributed by atoms with Crippen molar-refractivity contribution in [1.29, 1.82) is 0 Å². The second-order valence-electron chi connectivity index (χ2n) is 6.45. The summed E-state index contributed by atoms with van der Waals surface area (Å²) in [5.41, 5.74) is 1.92. The Morgan fingerprint density at radius 2 is 2.21 bits per heavy atom. The van der Waals surface area contributed by atoms with Gasteiger partial charge in [0.05, 0.1) is 0 Å². The van der Waals surface area contributed by atoms with E-state index < -0.39 is 0 Å². The molecule has 0 amide bonds. The van der Waals surface area contributed by atoms with E-state index in [1.54, 1.807) is 11.3 Å². The molecule has 2 unspecified atom stereocenters. The average molecular weight is 344 g/mol. The van der Waals surface area contributed by atoms with Crippen LogP contribution in [0.4, 0.5) is 0 Å². The van der Waals surface area contributed by atoms with Gasteiger partial charge in [0.1, 0.15) is 0 Å². The Hall–Kier alpha value is 0.140. The smallest absolute Gasteiger partial charge is 0.0373 e. The second-order valence-corrected chi connectivity index (χ2v) is 8.05. The van der Waals surface area contributed by atoms with Crippen molar-refractivity contribution in [3.8, 4) is 0 Å². The van der Waals surface area contributed by atoms with Crippen LogP contribution >= 0.6 is 27.3 Å². The van der Waals surface area contributed by atoms with E-state index in [-0.39, 0.29) is 0 Å². The van der Waals surface area contributed by atoms with Crippen LogP contribution in [0.25, 0.3) is 0 Å². The van der Waals surface area contributed by atoms with E-state index in [0.29, 0.717) is 11.5 Å². The predicted molar refractivity (Wildman–Crippen MR) is 88.8 cm³/mol. The van der Waals surface area contributed by atoms with Crippen LogP contribution < -0.4 is 5.32 Å². The third-order valence-corrected chi connectivity index (χ3v) is 6.34. The highest BCUT2D eigenvalue weighted by atomic mass is 79.9. The molecule has 1 aromatic rings. The van der Waals surface area contributed by atoms with Crippen LogP contribution in [0.2, 0.25) is 0 Å². The van der Waals surface area contributed by atoms with Crippen molar-refractivity contribution in [3.63, 3.8) is 0 Å². The molecular formula is C16H26BrNS. The van der Waals surface area contributed by atoms with Gasteiger partial charge in [-0.3, -0.25) is 0 Å². The predicted octanol–water partition coefficient (Wildman–Crippen LogP) is 5.77. The van der Waals surface area contributed by atoms with E-state index in [2.05, 4.69) is 52.8 Å². The summed E-state index contributed by atoms with van der Waals surface area (Å²) >= 11 is 5.54. The SMILES string of the molecule is CCCNC(c1cscc1Br)C1CCCCC1(C)C. The van der Waals surface area contributed by atoms with Gasteiger partial charge in [-0.05, 0) is 64.0 Å². The van der Waals surface area contributed by atoms with Gasteiger partial charge in [0.2, 0.25) is 0 Å². The molecule has 3 heteroatoms. The Balaban J connectivity index is 2.24. The topological polar surface area (TPSA) is 12.0 Å². The molecule has 0 radical (unpaired) electrons. The Bertz CT molecular complexity index is 399. The van der Waals surface area contributed by atoms with E-state index in [4.69, 9.17) is 0 Å². The third kappa shape index (κ3) is 3.62. The van der Waals surface area contributed by atoms with Gasteiger partial charge in [0, 0.05) is 15.9 Å². The molecule has 1 aliphatic rings. The van der Waals surface area contributed by atoms with Gasteiger partial charge in [-0.15, -0.1) is 0 Å². The number of thiophene rings is 1. The summed E-state index contributed by atoms with van der Waals surface area (Å²) in [5.74, 6) is 0.749. The molecule has 0 aliphatic heterocycles. The van der Waals surface area contributed by atoms with Crippen LogP contribution in [0.3, 0.4) is 0 Å². The van der Waals surface area contributed by atoms with Crippen molar-refractivity contribution in [2.24, 2.45) is 11.3 Å². The highest BCUT2D eigenvalue weighted by Gasteiger charge is 2.38. The third-order valence-electron chi connectivity index (χ3n) is 4.58. The Morgan fingerprint density at radius 3 is 2.79 bits per heavy atom. The lowest BCUT2D eigenvalue weighted by Crippen LogP contribution is -2.39. The second kappa shape index (κ2) is 6.73. The van der Waals surface area contributed by atoms with Crippen LogP contribution in [0.1, 0.15) is 64.5 Å². The van der Waals surface area contributed by atoms with Gasteiger partial charge >= 0.3 is 0 Å². The minimum Gasteiger partial charge on any atom is -0.310 e. The Kier molecular flexibility index (Phi) is 5.50. The average Bonchev–Trinajstić information content (AvgIpc) is 2.78. The van der Waals surface area contributed by atoms with Crippen LogP contribution in [0.5, 0.6) is 0 Å². The molecule has 1 saturated carbocycles. The maximum Gasteiger partial charge on any atom is 0.0373 e. The number of hydrogen-bond donors (Lipinski definition) is 1. The van der Waals surface area contributed by atoms with Gasteiger partial charge in [-0.1, -0.05) is 33.6 Å². The van der Waals surface area contributed by atoms with E-state index in [1.807, 2.05) is 0 Å². The first-order valence-electron chi connectivity index (χ1n) is 7.51. The standard InChI is InChI=1S/C16H26BrNS/c1-4-9-18-15(12-10-19-11-14(12)17)13-7-5-6-8-16(13,2)3/h10-11,13,15,18H,4-9H2,1-3H3. The quantitative estimate of drug-likeness (QED) is 0.715. The zero-order valence-corrected chi connectivity index (χ0v) is 14.7. The Morgan fingerprint density at radius 1 is 1.42 bits per heavy atom. The first-order chi connectivity index (χ1) is 9.06. The van der Waals surface area contributed by atoms with E-state index in [0.717, 1.165) is 12.5 Å². The molecule has 0 saturated heterocycles. The minimum absolute atomic E-state index is 0.449. The summed E-state index contributed by atoms with van der Waals surface area (Å²) in [6, 6.07) is 0.510. The van der Waals surface area contributed by atoms with Gasteiger partial charge in [0.15, 0.2) is 0 Å². The molecule has 2 rings (SSSR count). The van der Waals surface area contributed by atoms with Crippen LogP contribution in [0, 0.1) is 11.3 Å². The summed E-state index contributed by atoms with van der Waals surface area (Å²) in [6.45, 7) is 8.27. The van der Waals surface area contributed by atoms with E-state index in [1.165, 1.54) is 42.1 Å². The lowest BCUT2D eigenvalue weighted by molar-refractivity contribution is 0.0981. The van der Waals surface area contributed by atoms with Crippen LogP contribution in [0.15, 0.2) is 15.2 Å². The molecule has 1 fully saturated rings. The molecule has 2 atom stereocenters. The number of rotatable bonds is 5. The zero-order valence-electron chi connectivity index (χ0n) is 12.3. The maximum absolute atomic E-state index is 3.81. The van der Waals surface area contributed by atoms with E-state index >= 15 is 0 Å². The van der Waals surface area contributed by atoms with Crippen molar-refractivity contribution >= 4 is 27.3 Å². The fourth-order valence-electron chi connectivity index (χ4n) is 3.42. The molecule has 1 N–H and O–H groups in total. The van der Waals surface area contributed by atoms with Crippen LogP contribution in [-0.2, 0) is 0 Å². The molecular weight excluding hydrogens is 318 g/mol. The van der Waals surface area contributed by atoms with Crippen molar-refractivity contribution in [2.45, 2.75) is 58.9 Å². The summed E-state index contributed by atoms with van der Waals surface area (Å²) in [7, 11) is 0. The lowest BCUT2D eigenvalue weighted by Gasteiger charge is -2.43. The maximum atomic E-state index is 3.81. The lowest BCUT2D eigenvalue weighted by atomic mass is 9.65. The molecule has 19 heavy (non-hydrogen) atoms. The largest absolute Gasteiger partial charge is 0.310 e. The molecule has 0 aromatic carbocycles. The zero-order chi connectivity index (χ0) is 13.9. The number of halogens is 1. The minimum atomic E-state index is 0.449. The van der Waals surface area contributed by atoms with Gasteiger partial charge in [-0.2, -0.15) is 11.3 Å². The summed E-state index contributed by atoms with van der Waals surface area (Å²) < 4.78 is 1.28. The summed E-state index contributed by atoms with van der Waals surface area (Å²) in [6.07, 6.45) is 6.71. The number of hydrogen-bond acceptors (Lipinski definition) is 2. The fourth-order valence-corrected chi connectivity index (χ4v) is 5.00. The van der Waals surface area contributed by atoms with Gasteiger partial charge in [0.25, 0.3) is 0 Å². The van der Waals surface area contributed by atoms with Gasteiger partial charge < -0.3 is 5.32 Å². The van der Waals surface area contributed by atoms with Crippen LogP contribution in [-0.4, -0.2) is 6.54 Å². The molecule has 1 nitrogen and oxygen atoms in total. The van der Waals surface area contributed by atoms with Crippen molar-refractivity contribution < 1.29 is 0 Å². The highest BCUT2D eigenvalue weighted by Crippen LogP contribution is 2.48. The van der Waals surface area contributed by atoms with Crippen molar-refractivity contribution in [2.75, 3.05) is 6.54 Å². The van der Waals surface area contributed by atoms with E-state index in [9.17, 15) is 0 Å². The first kappa shape index (κ1) is 15.5.